The maximum absolute atomic E-state index is 12.7. The number of benzene rings is 1. The maximum atomic E-state index is 12.7. The van der Waals surface area contributed by atoms with Crippen LogP contribution in [-0.4, -0.2) is 39.6 Å². The fourth-order valence-corrected chi connectivity index (χ4v) is 3.20. The second-order valence-corrected chi connectivity index (χ2v) is 6.20. The number of aromatic nitrogens is 2. The molecule has 8 heteroatoms. The molecule has 1 aliphatic rings. The van der Waals surface area contributed by atoms with Crippen LogP contribution in [-0.2, 0) is 12.7 Å². The summed E-state index contributed by atoms with van der Waals surface area (Å²) in [7, 11) is 0. The normalized spacial score (nSPS) is 16.9. The number of alkyl halides is 3. The average Bonchev–Trinajstić information content (AvgIpc) is 2.96. The van der Waals surface area contributed by atoms with E-state index in [4.69, 9.17) is 4.52 Å². The van der Waals surface area contributed by atoms with E-state index >= 15 is 0 Å². The Kier molecular flexibility index (Phi) is 4.39. The van der Waals surface area contributed by atoms with Crippen molar-refractivity contribution < 1.29 is 17.7 Å². The van der Waals surface area contributed by atoms with Crippen molar-refractivity contribution in [2.24, 2.45) is 0 Å². The zero-order valence-corrected chi connectivity index (χ0v) is 12.5. The Hall–Kier alpha value is -1.54. The van der Waals surface area contributed by atoms with E-state index in [0.29, 0.717) is 18.0 Å². The van der Waals surface area contributed by atoms with Crippen LogP contribution in [0.2, 0.25) is 0 Å². The molecule has 0 radical (unpaired) electrons. The molecular weight excluding hydrogens is 315 g/mol. The van der Waals surface area contributed by atoms with E-state index < -0.39 is 11.7 Å². The van der Waals surface area contributed by atoms with Crippen LogP contribution in [0.5, 0.6) is 0 Å². The van der Waals surface area contributed by atoms with E-state index in [1.54, 1.807) is 6.07 Å². The van der Waals surface area contributed by atoms with Gasteiger partial charge < -0.3 is 4.52 Å². The summed E-state index contributed by atoms with van der Waals surface area (Å²) in [6, 6.07) is 4.94. The fourth-order valence-electron chi connectivity index (χ4n) is 2.22. The van der Waals surface area contributed by atoms with E-state index in [1.807, 2.05) is 11.8 Å². The monoisotopic (exact) mass is 329 g/mol. The lowest BCUT2D eigenvalue weighted by Crippen LogP contribution is -2.32. The Morgan fingerprint density at radius 1 is 1.23 bits per heavy atom. The first kappa shape index (κ1) is 15.4. The molecule has 1 aromatic carbocycles. The molecular formula is C14H14F3N3OS. The van der Waals surface area contributed by atoms with Gasteiger partial charge in [0.1, 0.15) is 0 Å². The topological polar surface area (TPSA) is 42.2 Å². The molecule has 1 fully saturated rings. The van der Waals surface area contributed by atoms with Crippen LogP contribution < -0.4 is 0 Å². The molecule has 1 aliphatic heterocycles. The molecule has 22 heavy (non-hydrogen) atoms. The van der Waals surface area contributed by atoms with Gasteiger partial charge in [0.05, 0.1) is 12.1 Å². The Morgan fingerprint density at radius 3 is 2.73 bits per heavy atom. The second-order valence-electron chi connectivity index (χ2n) is 4.98. The van der Waals surface area contributed by atoms with Gasteiger partial charge in [-0.25, -0.2) is 0 Å². The van der Waals surface area contributed by atoms with E-state index in [-0.39, 0.29) is 5.82 Å². The van der Waals surface area contributed by atoms with Crippen molar-refractivity contribution in [2.45, 2.75) is 12.7 Å². The molecule has 0 spiro atoms. The predicted molar refractivity (Wildman–Crippen MR) is 77.3 cm³/mol. The minimum absolute atomic E-state index is 0.187. The van der Waals surface area contributed by atoms with Crippen LogP contribution in [0.4, 0.5) is 13.2 Å². The van der Waals surface area contributed by atoms with Crippen LogP contribution in [0.1, 0.15) is 11.5 Å². The number of nitrogens with zero attached hydrogens (tertiary/aromatic N) is 3. The summed E-state index contributed by atoms with van der Waals surface area (Å²) in [4.78, 5) is 6.40. The largest absolute Gasteiger partial charge is 0.416 e. The molecule has 118 valence electrons. The van der Waals surface area contributed by atoms with Crippen molar-refractivity contribution in [3.05, 3.63) is 35.7 Å². The van der Waals surface area contributed by atoms with Crippen LogP contribution in [0.3, 0.4) is 0 Å². The van der Waals surface area contributed by atoms with Crippen molar-refractivity contribution in [1.82, 2.24) is 15.0 Å². The highest BCUT2D eigenvalue weighted by molar-refractivity contribution is 7.99. The van der Waals surface area contributed by atoms with Gasteiger partial charge in [0.25, 0.3) is 0 Å². The van der Waals surface area contributed by atoms with Crippen molar-refractivity contribution in [1.29, 1.82) is 0 Å². The number of hydrogen-bond donors (Lipinski definition) is 0. The summed E-state index contributed by atoms with van der Waals surface area (Å²) in [5.41, 5.74) is -0.413. The summed E-state index contributed by atoms with van der Waals surface area (Å²) in [5, 5.41) is 3.79. The molecule has 1 aromatic heterocycles. The van der Waals surface area contributed by atoms with E-state index in [9.17, 15) is 13.2 Å². The molecule has 0 amide bonds. The molecule has 3 rings (SSSR count). The van der Waals surface area contributed by atoms with Gasteiger partial charge in [-0.15, -0.1) is 0 Å². The van der Waals surface area contributed by atoms with Crippen LogP contribution in [0.25, 0.3) is 11.4 Å². The summed E-state index contributed by atoms with van der Waals surface area (Å²) >= 11 is 1.90. The molecule has 2 heterocycles. The van der Waals surface area contributed by atoms with E-state index in [0.717, 1.165) is 36.7 Å². The molecule has 0 aliphatic carbocycles. The summed E-state index contributed by atoms with van der Waals surface area (Å²) in [6.45, 7) is 2.43. The highest BCUT2D eigenvalue weighted by atomic mass is 32.2. The van der Waals surface area contributed by atoms with Crippen LogP contribution >= 0.6 is 11.8 Å². The number of hydrogen-bond acceptors (Lipinski definition) is 5. The predicted octanol–water partition coefficient (Wildman–Crippen LogP) is 3.30. The summed E-state index contributed by atoms with van der Waals surface area (Å²) in [6.07, 6.45) is -4.38. The van der Waals surface area contributed by atoms with E-state index in [2.05, 4.69) is 15.0 Å². The van der Waals surface area contributed by atoms with Crippen molar-refractivity contribution in [3.63, 3.8) is 0 Å². The SMILES string of the molecule is FC(F)(F)c1cccc(-c2noc(CN3CCSCC3)n2)c1. The average molecular weight is 329 g/mol. The number of rotatable bonds is 3. The fraction of sp³-hybridized carbons (Fsp3) is 0.429. The number of halogens is 3. The van der Waals surface area contributed by atoms with Gasteiger partial charge in [-0.3, -0.25) is 4.90 Å². The molecule has 2 aromatic rings. The van der Waals surface area contributed by atoms with Crippen LogP contribution in [0, 0.1) is 0 Å². The quantitative estimate of drug-likeness (QED) is 0.864. The van der Waals surface area contributed by atoms with Gasteiger partial charge in [-0.05, 0) is 12.1 Å². The molecule has 0 saturated carbocycles. The zero-order chi connectivity index (χ0) is 15.6. The smallest absolute Gasteiger partial charge is 0.338 e. The standard InChI is InChI=1S/C14H14F3N3OS/c15-14(16,17)11-3-1-2-10(8-11)13-18-12(21-19-13)9-20-4-6-22-7-5-20/h1-3,8H,4-7,9H2. The highest BCUT2D eigenvalue weighted by Gasteiger charge is 2.30. The molecule has 0 bridgehead atoms. The van der Waals surface area contributed by atoms with Crippen molar-refractivity contribution >= 4 is 11.8 Å². The third-order valence-corrected chi connectivity index (χ3v) is 4.32. The Bertz CT molecular complexity index is 638. The van der Waals surface area contributed by atoms with Gasteiger partial charge in [-0.1, -0.05) is 17.3 Å². The van der Waals surface area contributed by atoms with Crippen molar-refractivity contribution in [2.75, 3.05) is 24.6 Å². The molecule has 1 saturated heterocycles. The second kappa shape index (κ2) is 6.29. The van der Waals surface area contributed by atoms with Gasteiger partial charge in [0, 0.05) is 30.2 Å². The Balaban J connectivity index is 1.75. The van der Waals surface area contributed by atoms with Gasteiger partial charge in [-0.2, -0.15) is 29.9 Å². The summed E-state index contributed by atoms with van der Waals surface area (Å²) in [5.74, 6) is 2.75. The molecule has 4 nitrogen and oxygen atoms in total. The molecule has 0 atom stereocenters. The summed E-state index contributed by atoms with van der Waals surface area (Å²) < 4.78 is 43.3. The lowest BCUT2D eigenvalue weighted by Gasteiger charge is -2.24. The highest BCUT2D eigenvalue weighted by Crippen LogP contribution is 2.31. The third kappa shape index (κ3) is 3.61. The zero-order valence-electron chi connectivity index (χ0n) is 11.6. The maximum Gasteiger partial charge on any atom is 0.416 e. The Labute approximate surface area is 129 Å². The Morgan fingerprint density at radius 2 is 2.00 bits per heavy atom. The van der Waals surface area contributed by atoms with Gasteiger partial charge >= 0.3 is 6.18 Å². The first-order chi connectivity index (χ1) is 10.5. The van der Waals surface area contributed by atoms with Crippen LogP contribution in [0.15, 0.2) is 28.8 Å². The minimum atomic E-state index is -4.38. The first-order valence-electron chi connectivity index (χ1n) is 6.83. The van der Waals surface area contributed by atoms with Gasteiger partial charge in [0.2, 0.25) is 11.7 Å². The molecule has 0 N–H and O–H groups in total. The minimum Gasteiger partial charge on any atom is -0.338 e. The first-order valence-corrected chi connectivity index (χ1v) is 7.98. The van der Waals surface area contributed by atoms with Crippen molar-refractivity contribution in [3.8, 4) is 11.4 Å². The molecule has 0 unspecified atom stereocenters. The van der Waals surface area contributed by atoms with E-state index in [1.165, 1.54) is 6.07 Å². The number of thioether (sulfide) groups is 1. The lowest BCUT2D eigenvalue weighted by atomic mass is 10.1. The van der Waals surface area contributed by atoms with Gasteiger partial charge in [0.15, 0.2) is 0 Å². The third-order valence-electron chi connectivity index (χ3n) is 3.38. The lowest BCUT2D eigenvalue weighted by molar-refractivity contribution is -0.137.